The van der Waals surface area contributed by atoms with Gasteiger partial charge in [0.15, 0.2) is 5.65 Å². The van der Waals surface area contributed by atoms with Crippen molar-refractivity contribution in [1.82, 2.24) is 35.0 Å². The van der Waals surface area contributed by atoms with Gasteiger partial charge in [-0.3, -0.25) is 4.68 Å². The van der Waals surface area contributed by atoms with Crippen molar-refractivity contribution in [1.29, 1.82) is 0 Å². The molecule has 0 amide bonds. The molecule has 41 heavy (non-hydrogen) atoms. The molecule has 3 fully saturated rings. The van der Waals surface area contributed by atoms with E-state index in [-0.39, 0.29) is 11.5 Å². The molecule has 3 aromatic heterocycles. The van der Waals surface area contributed by atoms with Crippen molar-refractivity contribution in [3.63, 3.8) is 0 Å². The fourth-order valence-corrected chi connectivity index (χ4v) is 8.03. The standard InChI is InChI=1S/C34H45N7/c1-5-9-26(34-17-8-18-35-30(34)20-25(34)6-2)27-14-15-31-38-28(21-41(31)39-27)33(32(23-10-11-23)24-12-13-24)37-22(4)29-16-19-36-40(29)7-3/h14-16,19,21,23-24,26,32-33,35,37H,4-13,17-18H2,1-3H3. The molecule has 4 aliphatic rings. The minimum absolute atomic E-state index is 0.0696. The lowest BCUT2D eigenvalue weighted by Crippen LogP contribution is -2.47. The molecule has 216 valence electrons. The fraction of sp³-hybridized carbons (Fsp3) is 0.588. The van der Waals surface area contributed by atoms with E-state index >= 15 is 0 Å². The van der Waals surface area contributed by atoms with E-state index in [2.05, 4.69) is 77.7 Å². The van der Waals surface area contributed by atoms with Gasteiger partial charge in [-0.25, -0.2) is 9.50 Å². The minimum Gasteiger partial charge on any atom is -0.381 e. The molecule has 0 radical (unpaired) electrons. The highest BCUT2D eigenvalue weighted by Gasteiger charge is 2.51. The Balaban J connectivity index is 1.24. The number of aryl methyl sites for hydroxylation is 1. The number of fused-ring (bicyclic) bond motifs is 2. The number of nitrogens with one attached hydrogen (secondary N) is 2. The molecule has 7 nitrogen and oxygen atoms in total. The fourth-order valence-electron chi connectivity index (χ4n) is 8.03. The summed E-state index contributed by atoms with van der Waals surface area (Å²) >= 11 is 0. The summed E-state index contributed by atoms with van der Waals surface area (Å²) in [5.74, 6) is 2.48. The van der Waals surface area contributed by atoms with Crippen molar-refractivity contribution in [3.8, 4) is 0 Å². The molecule has 3 aromatic rings. The number of hydrogen-bond acceptors (Lipinski definition) is 5. The Bertz CT molecular complexity index is 1490. The molecule has 0 aromatic carbocycles. The zero-order chi connectivity index (χ0) is 28.1. The third-order valence-corrected chi connectivity index (χ3v) is 10.2. The summed E-state index contributed by atoms with van der Waals surface area (Å²) in [6.07, 6.45) is 15.1. The van der Waals surface area contributed by atoms with Crippen molar-refractivity contribution in [3.05, 3.63) is 71.3 Å². The largest absolute Gasteiger partial charge is 0.381 e. The number of aromatic nitrogens is 5. The molecule has 3 atom stereocenters. The van der Waals surface area contributed by atoms with Crippen molar-refractivity contribution >= 4 is 11.3 Å². The number of nitrogens with zero attached hydrogens (tertiary/aromatic N) is 5. The Morgan fingerprint density at radius 3 is 2.63 bits per heavy atom. The highest BCUT2D eigenvalue weighted by atomic mass is 15.3. The first-order valence-corrected chi connectivity index (χ1v) is 16.2. The lowest BCUT2D eigenvalue weighted by atomic mass is 9.57. The second-order valence-electron chi connectivity index (χ2n) is 12.8. The molecular formula is C34H45N7. The van der Waals surface area contributed by atoms with Crippen LogP contribution in [0.25, 0.3) is 11.3 Å². The smallest absolute Gasteiger partial charge is 0.153 e. The summed E-state index contributed by atoms with van der Waals surface area (Å²) in [4.78, 5) is 5.21. The maximum Gasteiger partial charge on any atom is 0.153 e. The van der Waals surface area contributed by atoms with E-state index in [9.17, 15) is 0 Å². The normalized spacial score (nSPS) is 23.3. The SMILES string of the molecule is C=C(NC(c1cn2nc(C(CCC)C34CCCNC3=C=C4CC)ccc2n1)C(C1CC1)C1CC1)c1ccnn1CC. The van der Waals surface area contributed by atoms with Crippen molar-refractivity contribution < 1.29 is 0 Å². The van der Waals surface area contributed by atoms with Crippen LogP contribution in [0, 0.1) is 23.2 Å². The first kappa shape index (κ1) is 26.6. The van der Waals surface area contributed by atoms with Crippen LogP contribution in [0.2, 0.25) is 0 Å². The van der Waals surface area contributed by atoms with E-state index in [4.69, 9.17) is 10.1 Å². The van der Waals surface area contributed by atoms with Gasteiger partial charge in [0.05, 0.1) is 46.1 Å². The number of piperidine rings is 1. The number of imidazole rings is 1. The van der Waals surface area contributed by atoms with Gasteiger partial charge in [0.1, 0.15) is 0 Å². The highest BCUT2D eigenvalue weighted by Crippen LogP contribution is 2.58. The molecule has 1 aliphatic heterocycles. The maximum absolute atomic E-state index is 5.30. The van der Waals surface area contributed by atoms with E-state index in [1.165, 1.54) is 55.5 Å². The second kappa shape index (κ2) is 10.5. The molecule has 2 N–H and O–H groups in total. The summed E-state index contributed by atoms with van der Waals surface area (Å²) in [5, 5.41) is 17.4. The van der Waals surface area contributed by atoms with E-state index in [1.54, 1.807) is 0 Å². The third-order valence-electron chi connectivity index (χ3n) is 10.2. The Hall–Kier alpha value is -3.31. The first-order valence-electron chi connectivity index (χ1n) is 16.2. The van der Waals surface area contributed by atoms with Gasteiger partial charge < -0.3 is 10.6 Å². The van der Waals surface area contributed by atoms with E-state index in [0.717, 1.165) is 66.9 Å². The Kier molecular flexibility index (Phi) is 6.81. The predicted molar refractivity (Wildman–Crippen MR) is 163 cm³/mol. The first-order chi connectivity index (χ1) is 20.1. The molecule has 0 spiro atoms. The van der Waals surface area contributed by atoms with Crippen LogP contribution in [0.1, 0.15) is 108 Å². The van der Waals surface area contributed by atoms with Crippen molar-refractivity contribution in [2.45, 2.75) is 97.1 Å². The lowest BCUT2D eigenvalue weighted by Gasteiger charge is -2.50. The zero-order valence-electron chi connectivity index (χ0n) is 25.0. The van der Waals surface area contributed by atoms with Crippen LogP contribution in [-0.4, -0.2) is 30.9 Å². The molecule has 1 saturated heterocycles. The topological polar surface area (TPSA) is 72.1 Å². The van der Waals surface area contributed by atoms with Gasteiger partial charge in [0.2, 0.25) is 0 Å². The van der Waals surface area contributed by atoms with Crippen molar-refractivity contribution in [2.24, 2.45) is 23.2 Å². The molecule has 2 saturated carbocycles. The van der Waals surface area contributed by atoms with Gasteiger partial charge in [-0.2, -0.15) is 10.2 Å². The second-order valence-corrected chi connectivity index (χ2v) is 12.8. The quantitative estimate of drug-likeness (QED) is 0.229. The van der Waals surface area contributed by atoms with Gasteiger partial charge in [-0.1, -0.05) is 32.6 Å². The van der Waals surface area contributed by atoms with Crippen LogP contribution in [0.15, 0.2) is 54.2 Å². The summed E-state index contributed by atoms with van der Waals surface area (Å²) in [5.41, 5.74) is 11.7. The number of hydrogen-bond donors (Lipinski definition) is 2. The third kappa shape index (κ3) is 4.53. The molecule has 4 heterocycles. The summed E-state index contributed by atoms with van der Waals surface area (Å²) in [6.45, 7) is 13.1. The molecular weight excluding hydrogens is 506 g/mol. The average molecular weight is 552 g/mol. The molecule has 7 rings (SSSR count). The Labute approximate surface area is 244 Å². The molecule has 0 bridgehead atoms. The summed E-state index contributed by atoms with van der Waals surface area (Å²) in [6, 6.07) is 6.63. The predicted octanol–water partition coefficient (Wildman–Crippen LogP) is 6.77. The summed E-state index contributed by atoms with van der Waals surface area (Å²) in [7, 11) is 0. The molecule has 3 unspecified atom stereocenters. The van der Waals surface area contributed by atoms with Crippen molar-refractivity contribution in [2.75, 3.05) is 6.54 Å². The minimum atomic E-state index is 0.0696. The van der Waals surface area contributed by atoms with Crippen LogP contribution < -0.4 is 10.6 Å². The summed E-state index contributed by atoms with van der Waals surface area (Å²) < 4.78 is 4.07. The van der Waals surface area contributed by atoms with Gasteiger partial charge >= 0.3 is 0 Å². The Morgan fingerprint density at radius 1 is 1.15 bits per heavy atom. The van der Waals surface area contributed by atoms with Gasteiger partial charge in [-0.15, -0.1) is 0 Å². The molecule has 7 heteroatoms. The molecule has 3 aliphatic carbocycles. The van der Waals surface area contributed by atoms with Crippen LogP contribution >= 0.6 is 0 Å². The highest BCUT2D eigenvalue weighted by molar-refractivity contribution is 5.59. The van der Waals surface area contributed by atoms with Crippen LogP contribution in [-0.2, 0) is 6.54 Å². The lowest BCUT2D eigenvalue weighted by molar-refractivity contribution is 0.223. The number of rotatable bonds is 13. The monoisotopic (exact) mass is 551 g/mol. The van der Waals surface area contributed by atoms with E-state index in [1.807, 2.05) is 10.9 Å². The zero-order valence-corrected chi connectivity index (χ0v) is 25.0. The van der Waals surface area contributed by atoms with E-state index < -0.39 is 0 Å². The van der Waals surface area contributed by atoms with Crippen LogP contribution in [0.3, 0.4) is 0 Å². The van der Waals surface area contributed by atoms with E-state index in [0.29, 0.717) is 11.8 Å². The average Bonchev–Trinajstić information content (AvgIpc) is 3.90. The maximum atomic E-state index is 5.30. The van der Waals surface area contributed by atoms with Gasteiger partial charge in [0.25, 0.3) is 0 Å². The van der Waals surface area contributed by atoms with Gasteiger partial charge in [-0.05, 0) is 99.8 Å². The van der Waals surface area contributed by atoms with Crippen LogP contribution in [0.5, 0.6) is 0 Å². The van der Waals surface area contributed by atoms with Crippen LogP contribution in [0.4, 0.5) is 0 Å². The van der Waals surface area contributed by atoms with Gasteiger partial charge in [0, 0.05) is 25.2 Å². The Morgan fingerprint density at radius 2 is 1.95 bits per heavy atom.